The predicted octanol–water partition coefficient (Wildman–Crippen LogP) is 7.92. The third kappa shape index (κ3) is 2.20. The number of hydrogen-bond donors (Lipinski definition) is 0. The molecule has 1 aliphatic carbocycles. The number of halogens is 1. The summed E-state index contributed by atoms with van der Waals surface area (Å²) in [4.78, 5) is 1.33. The lowest BCUT2D eigenvalue weighted by Crippen LogP contribution is -2.28. The van der Waals surface area contributed by atoms with Gasteiger partial charge in [-0.2, -0.15) is 0 Å². The van der Waals surface area contributed by atoms with Crippen molar-refractivity contribution in [2.45, 2.75) is 5.41 Å². The summed E-state index contributed by atoms with van der Waals surface area (Å²) in [5, 5.41) is 2.13. The molecule has 0 nitrogen and oxygen atoms in total. The van der Waals surface area contributed by atoms with E-state index in [4.69, 9.17) is 11.6 Å². The van der Waals surface area contributed by atoms with Gasteiger partial charge in [0.15, 0.2) is 0 Å². The molecule has 0 saturated heterocycles. The van der Waals surface area contributed by atoms with E-state index in [0.29, 0.717) is 0 Å². The average molecular weight is 409 g/mol. The second-order valence-electron chi connectivity index (χ2n) is 7.45. The van der Waals surface area contributed by atoms with Crippen molar-refractivity contribution in [2.75, 3.05) is 0 Å². The maximum absolute atomic E-state index is 6.96. The van der Waals surface area contributed by atoms with Crippen LogP contribution in [-0.4, -0.2) is 0 Å². The van der Waals surface area contributed by atoms with Crippen molar-refractivity contribution in [3.05, 3.63) is 130 Å². The summed E-state index contributed by atoms with van der Waals surface area (Å²) in [6.07, 6.45) is 0. The smallest absolute Gasteiger partial charge is 0.0742 e. The van der Waals surface area contributed by atoms with E-state index in [0.717, 1.165) is 5.02 Å². The molecule has 0 spiro atoms. The molecule has 0 amide bonds. The number of benzene rings is 4. The van der Waals surface area contributed by atoms with Gasteiger partial charge in [0.2, 0.25) is 0 Å². The molecule has 2 heteroatoms. The van der Waals surface area contributed by atoms with E-state index in [1.165, 1.54) is 42.8 Å². The fourth-order valence-corrected chi connectivity index (χ4v) is 6.56. The van der Waals surface area contributed by atoms with Crippen LogP contribution < -0.4 is 0 Å². The summed E-state index contributed by atoms with van der Waals surface area (Å²) < 4.78 is 1.32. The van der Waals surface area contributed by atoms with Crippen LogP contribution in [0.1, 0.15) is 22.3 Å². The Labute approximate surface area is 179 Å². The molecule has 0 N–H and O–H groups in total. The highest BCUT2D eigenvalue weighted by Gasteiger charge is 2.49. The van der Waals surface area contributed by atoms with Crippen LogP contribution in [0, 0.1) is 0 Å². The van der Waals surface area contributed by atoms with Gasteiger partial charge in [-0.15, -0.1) is 11.3 Å². The Morgan fingerprint density at radius 2 is 1.21 bits per heavy atom. The van der Waals surface area contributed by atoms with Gasteiger partial charge in [0, 0.05) is 14.6 Å². The summed E-state index contributed by atoms with van der Waals surface area (Å²) in [6.45, 7) is 0. The molecule has 5 aromatic rings. The summed E-state index contributed by atoms with van der Waals surface area (Å²) in [5.41, 5.74) is 5.89. The Bertz CT molecular complexity index is 1310. The standard InChI is InChI=1S/C27H17ClS/c28-22-16-9-15-21-24(22)27(18-10-3-1-4-11-18,19-12-5-2-6-13-19)25-20-14-7-8-17-23(20)29-26(21)25/h1-17H. The zero-order valence-electron chi connectivity index (χ0n) is 15.6. The van der Waals surface area contributed by atoms with Crippen LogP contribution in [0.4, 0.5) is 0 Å². The Kier molecular flexibility index (Phi) is 3.71. The lowest BCUT2D eigenvalue weighted by atomic mass is 9.67. The molecule has 0 unspecified atom stereocenters. The van der Waals surface area contributed by atoms with Crippen molar-refractivity contribution in [1.82, 2.24) is 0 Å². The third-order valence-electron chi connectivity index (χ3n) is 6.02. The monoisotopic (exact) mass is 408 g/mol. The molecule has 0 aliphatic heterocycles. The summed E-state index contributed by atoms with van der Waals surface area (Å²) >= 11 is 8.83. The van der Waals surface area contributed by atoms with Gasteiger partial charge in [-0.25, -0.2) is 0 Å². The van der Waals surface area contributed by atoms with Crippen LogP contribution in [0.5, 0.6) is 0 Å². The molecule has 1 heterocycles. The number of thiophene rings is 1. The maximum atomic E-state index is 6.96. The lowest BCUT2D eigenvalue weighted by molar-refractivity contribution is 0.777. The van der Waals surface area contributed by atoms with Crippen molar-refractivity contribution < 1.29 is 0 Å². The first-order valence-electron chi connectivity index (χ1n) is 9.74. The molecule has 29 heavy (non-hydrogen) atoms. The zero-order chi connectivity index (χ0) is 19.4. The number of rotatable bonds is 2. The minimum absolute atomic E-state index is 0.425. The van der Waals surface area contributed by atoms with E-state index in [-0.39, 0.29) is 0 Å². The third-order valence-corrected chi connectivity index (χ3v) is 7.54. The van der Waals surface area contributed by atoms with E-state index >= 15 is 0 Å². The zero-order valence-corrected chi connectivity index (χ0v) is 17.2. The van der Waals surface area contributed by atoms with Crippen LogP contribution >= 0.6 is 22.9 Å². The maximum Gasteiger partial charge on any atom is 0.0742 e. The van der Waals surface area contributed by atoms with Gasteiger partial charge in [-0.05, 0) is 45.3 Å². The summed E-state index contributed by atoms with van der Waals surface area (Å²) in [6, 6.07) is 36.7. The normalized spacial score (nSPS) is 14.0. The van der Waals surface area contributed by atoms with Crippen molar-refractivity contribution in [3.8, 4) is 10.4 Å². The van der Waals surface area contributed by atoms with Crippen LogP contribution in [-0.2, 0) is 5.41 Å². The van der Waals surface area contributed by atoms with Crippen molar-refractivity contribution in [1.29, 1.82) is 0 Å². The molecule has 0 atom stereocenters. The minimum atomic E-state index is -0.425. The fraction of sp³-hybridized carbons (Fsp3) is 0.0370. The molecular formula is C27H17ClS. The first-order valence-corrected chi connectivity index (χ1v) is 10.9. The van der Waals surface area contributed by atoms with Gasteiger partial charge in [0.25, 0.3) is 0 Å². The van der Waals surface area contributed by atoms with E-state index in [9.17, 15) is 0 Å². The molecule has 0 radical (unpaired) electrons. The van der Waals surface area contributed by atoms with Crippen LogP contribution in [0.3, 0.4) is 0 Å². The van der Waals surface area contributed by atoms with Gasteiger partial charge in [0.1, 0.15) is 0 Å². The highest BCUT2D eigenvalue weighted by Crippen LogP contribution is 2.62. The molecule has 0 bridgehead atoms. The van der Waals surface area contributed by atoms with Crippen LogP contribution in [0.25, 0.3) is 20.5 Å². The molecule has 0 fully saturated rings. The van der Waals surface area contributed by atoms with E-state index < -0.39 is 5.41 Å². The molecule has 0 saturated carbocycles. The second kappa shape index (κ2) is 6.32. The topological polar surface area (TPSA) is 0 Å². The highest BCUT2D eigenvalue weighted by atomic mass is 35.5. The molecule has 138 valence electrons. The van der Waals surface area contributed by atoms with E-state index in [1.54, 1.807) is 0 Å². The average Bonchev–Trinajstić information content (AvgIpc) is 3.30. The fourth-order valence-electron chi connectivity index (χ4n) is 4.95. The quantitative estimate of drug-likeness (QED) is 0.273. The molecule has 1 aromatic heterocycles. The SMILES string of the molecule is Clc1cccc2c1C(c1ccccc1)(c1ccccc1)c1c-2sc2ccccc12. The number of hydrogen-bond acceptors (Lipinski definition) is 1. The Morgan fingerprint density at radius 1 is 0.586 bits per heavy atom. The molecule has 4 aromatic carbocycles. The van der Waals surface area contributed by atoms with Crippen molar-refractivity contribution in [2.24, 2.45) is 0 Å². The first-order chi connectivity index (χ1) is 14.3. The van der Waals surface area contributed by atoms with Gasteiger partial charge in [0.05, 0.1) is 5.41 Å². The Hall–Kier alpha value is -2.87. The van der Waals surface area contributed by atoms with Gasteiger partial charge in [-0.1, -0.05) is 103 Å². The second-order valence-corrected chi connectivity index (χ2v) is 8.91. The number of fused-ring (bicyclic) bond motifs is 5. The predicted molar refractivity (Wildman–Crippen MR) is 124 cm³/mol. The first kappa shape index (κ1) is 17.0. The minimum Gasteiger partial charge on any atom is -0.135 e. The lowest BCUT2D eigenvalue weighted by Gasteiger charge is -2.34. The molecule has 6 rings (SSSR count). The van der Waals surface area contributed by atoms with Gasteiger partial charge < -0.3 is 0 Å². The summed E-state index contributed by atoms with van der Waals surface area (Å²) in [5.74, 6) is 0. The Balaban J connectivity index is 1.89. The Morgan fingerprint density at radius 3 is 1.90 bits per heavy atom. The summed E-state index contributed by atoms with van der Waals surface area (Å²) in [7, 11) is 0. The van der Waals surface area contributed by atoms with Crippen molar-refractivity contribution >= 4 is 33.0 Å². The van der Waals surface area contributed by atoms with Crippen LogP contribution in [0.2, 0.25) is 5.02 Å². The van der Waals surface area contributed by atoms with Crippen molar-refractivity contribution in [3.63, 3.8) is 0 Å². The molecular weight excluding hydrogens is 392 g/mol. The van der Waals surface area contributed by atoms with Gasteiger partial charge >= 0.3 is 0 Å². The largest absolute Gasteiger partial charge is 0.135 e. The molecule has 1 aliphatic rings. The highest BCUT2D eigenvalue weighted by molar-refractivity contribution is 7.22. The van der Waals surface area contributed by atoms with E-state index in [1.807, 2.05) is 17.4 Å². The van der Waals surface area contributed by atoms with E-state index in [2.05, 4.69) is 97.1 Å². The van der Waals surface area contributed by atoms with Gasteiger partial charge in [-0.3, -0.25) is 0 Å². The van der Waals surface area contributed by atoms with Crippen LogP contribution in [0.15, 0.2) is 103 Å².